The molecule has 0 bridgehead atoms. The summed E-state index contributed by atoms with van der Waals surface area (Å²) >= 11 is 1.57. The van der Waals surface area contributed by atoms with E-state index >= 15 is 0 Å². The molecule has 0 saturated carbocycles. The highest BCUT2D eigenvalue weighted by Gasteiger charge is 2.31. The summed E-state index contributed by atoms with van der Waals surface area (Å²) in [6.45, 7) is 1.54. The number of halogens is 2. The first kappa shape index (κ1) is 13.2. The van der Waals surface area contributed by atoms with Crippen molar-refractivity contribution in [2.24, 2.45) is 0 Å². The van der Waals surface area contributed by atoms with Crippen LogP contribution in [0.4, 0.5) is 8.78 Å². The van der Waals surface area contributed by atoms with Gasteiger partial charge in [0.05, 0.1) is 6.54 Å². The molecule has 1 aromatic heterocycles. The topological polar surface area (TPSA) is 12.0 Å². The molecule has 1 aromatic carbocycles. The van der Waals surface area contributed by atoms with Crippen LogP contribution in [-0.4, -0.2) is 6.54 Å². The van der Waals surface area contributed by atoms with Crippen LogP contribution in [-0.2, 0) is 5.92 Å². The normalized spacial score (nSPS) is 13.5. The highest BCUT2D eigenvalue weighted by molar-refractivity contribution is 7.10. The second-order valence-electron chi connectivity index (χ2n) is 4.19. The summed E-state index contributed by atoms with van der Waals surface area (Å²) in [5, 5.41) is 4.83. The first-order chi connectivity index (χ1) is 8.59. The number of rotatable bonds is 5. The Morgan fingerprint density at radius 3 is 2.50 bits per heavy atom. The highest BCUT2D eigenvalue weighted by atomic mass is 32.1. The fraction of sp³-hybridized carbons (Fsp3) is 0.286. The lowest BCUT2D eigenvalue weighted by molar-refractivity contribution is -0.00525. The minimum absolute atomic E-state index is 0.0517. The molecule has 0 fully saturated rings. The number of thiophene rings is 1. The van der Waals surface area contributed by atoms with Crippen LogP contribution >= 0.6 is 11.3 Å². The molecule has 96 valence electrons. The molecule has 0 spiro atoms. The monoisotopic (exact) mass is 267 g/mol. The number of benzene rings is 1. The number of hydrogen-bond acceptors (Lipinski definition) is 2. The molecule has 0 radical (unpaired) electrons. The van der Waals surface area contributed by atoms with E-state index in [1.165, 1.54) is 12.1 Å². The standard InChI is InChI=1S/C14H15F2NS/c1-11(13-8-5-9-18-13)17-10-14(15,16)12-6-3-2-4-7-12/h2-9,11,17H,10H2,1H3/t11-/m1/s1. The van der Waals surface area contributed by atoms with E-state index in [0.29, 0.717) is 0 Å². The van der Waals surface area contributed by atoms with Gasteiger partial charge in [0.2, 0.25) is 0 Å². The summed E-state index contributed by atoms with van der Waals surface area (Å²) < 4.78 is 27.8. The lowest BCUT2D eigenvalue weighted by Crippen LogP contribution is -2.32. The fourth-order valence-electron chi connectivity index (χ4n) is 1.70. The third kappa shape index (κ3) is 3.15. The molecule has 1 heterocycles. The number of nitrogens with one attached hydrogen (secondary N) is 1. The van der Waals surface area contributed by atoms with Crippen molar-refractivity contribution in [1.82, 2.24) is 5.32 Å². The summed E-state index contributed by atoms with van der Waals surface area (Å²) in [5.74, 6) is -2.84. The fourth-order valence-corrected chi connectivity index (χ4v) is 2.46. The molecular weight excluding hydrogens is 252 g/mol. The van der Waals surface area contributed by atoms with Gasteiger partial charge in [0.25, 0.3) is 5.92 Å². The van der Waals surface area contributed by atoms with Gasteiger partial charge in [0.15, 0.2) is 0 Å². The zero-order valence-electron chi connectivity index (χ0n) is 10.1. The van der Waals surface area contributed by atoms with Crippen molar-refractivity contribution in [1.29, 1.82) is 0 Å². The maximum Gasteiger partial charge on any atom is 0.285 e. The lowest BCUT2D eigenvalue weighted by Gasteiger charge is -2.20. The average molecular weight is 267 g/mol. The third-order valence-corrected chi connectivity index (χ3v) is 3.85. The van der Waals surface area contributed by atoms with Crippen molar-refractivity contribution in [2.75, 3.05) is 6.54 Å². The number of hydrogen-bond donors (Lipinski definition) is 1. The molecule has 0 aliphatic heterocycles. The van der Waals surface area contributed by atoms with Crippen LogP contribution in [0.3, 0.4) is 0 Å². The summed E-state index contributed by atoms with van der Waals surface area (Å²) in [6, 6.07) is 11.7. The van der Waals surface area contributed by atoms with E-state index in [4.69, 9.17) is 0 Å². The van der Waals surface area contributed by atoms with Crippen LogP contribution in [0, 0.1) is 0 Å². The molecule has 0 amide bonds. The minimum Gasteiger partial charge on any atom is -0.303 e. The molecule has 0 saturated heterocycles. The van der Waals surface area contributed by atoms with Crippen molar-refractivity contribution >= 4 is 11.3 Å². The Hall–Kier alpha value is -1.26. The van der Waals surface area contributed by atoms with E-state index in [0.717, 1.165) is 4.88 Å². The van der Waals surface area contributed by atoms with Crippen molar-refractivity contribution in [3.05, 3.63) is 58.3 Å². The van der Waals surface area contributed by atoms with Gasteiger partial charge in [-0.2, -0.15) is 8.78 Å². The first-order valence-corrected chi connectivity index (χ1v) is 6.68. The number of alkyl halides is 2. The molecule has 1 N–H and O–H groups in total. The Morgan fingerprint density at radius 2 is 1.89 bits per heavy atom. The van der Waals surface area contributed by atoms with Crippen LogP contribution in [0.25, 0.3) is 0 Å². The molecule has 18 heavy (non-hydrogen) atoms. The molecule has 2 rings (SSSR count). The Kier molecular flexibility index (Phi) is 4.09. The maximum atomic E-state index is 13.9. The van der Waals surface area contributed by atoms with Crippen LogP contribution in [0.2, 0.25) is 0 Å². The SMILES string of the molecule is C[C@@H](NCC(F)(F)c1ccccc1)c1cccs1. The Bertz CT molecular complexity index is 468. The zero-order valence-corrected chi connectivity index (χ0v) is 10.9. The van der Waals surface area contributed by atoms with Gasteiger partial charge in [-0.1, -0.05) is 36.4 Å². The first-order valence-electron chi connectivity index (χ1n) is 5.80. The predicted octanol–water partition coefficient (Wildman–Crippen LogP) is 4.19. The minimum atomic E-state index is -2.84. The Morgan fingerprint density at radius 1 is 1.17 bits per heavy atom. The van der Waals surface area contributed by atoms with Crippen molar-refractivity contribution in [2.45, 2.75) is 18.9 Å². The van der Waals surface area contributed by atoms with E-state index in [9.17, 15) is 8.78 Å². The summed E-state index contributed by atoms with van der Waals surface area (Å²) in [4.78, 5) is 1.07. The van der Waals surface area contributed by atoms with Crippen LogP contribution in [0.5, 0.6) is 0 Å². The molecular formula is C14H15F2NS. The van der Waals surface area contributed by atoms with E-state index < -0.39 is 5.92 Å². The van der Waals surface area contributed by atoms with Gasteiger partial charge in [-0.05, 0) is 18.4 Å². The Balaban J connectivity index is 1.97. The largest absolute Gasteiger partial charge is 0.303 e. The summed E-state index contributed by atoms with van der Waals surface area (Å²) in [6.07, 6.45) is 0. The molecule has 1 atom stereocenters. The zero-order chi connectivity index (χ0) is 13.0. The van der Waals surface area contributed by atoms with Crippen molar-refractivity contribution in [3.8, 4) is 0 Å². The molecule has 0 unspecified atom stereocenters. The van der Waals surface area contributed by atoms with E-state index in [-0.39, 0.29) is 18.2 Å². The van der Waals surface area contributed by atoms with Gasteiger partial charge in [-0.3, -0.25) is 0 Å². The molecule has 4 heteroatoms. The van der Waals surface area contributed by atoms with E-state index in [2.05, 4.69) is 5.32 Å². The van der Waals surface area contributed by atoms with Crippen molar-refractivity contribution in [3.63, 3.8) is 0 Å². The molecule has 0 aliphatic rings. The summed E-state index contributed by atoms with van der Waals surface area (Å²) in [5.41, 5.74) is 0.0517. The van der Waals surface area contributed by atoms with Gasteiger partial charge >= 0.3 is 0 Å². The summed E-state index contributed by atoms with van der Waals surface area (Å²) in [7, 11) is 0. The molecule has 1 nitrogen and oxygen atoms in total. The third-order valence-electron chi connectivity index (χ3n) is 2.80. The van der Waals surface area contributed by atoms with Crippen molar-refractivity contribution < 1.29 is 8.78 Å². The second kappa shape index (κ2) is 5.59. The van der Waals surface area contributed by atoms with Crippen LogP contribution < -0.4 is 5.32 Å². The Labute approximate surface area is 109 Å². The molecule has 2 aromatic rings. The smallest absolute Gasteiger partial charge is 0.285 e. The highest BCUT2D eigenvalue weighted by Crippen LogP contribution is 2.28. The van der Waals surface area contributed by atoms with Gasteiger partial charge in [-0.25, -0.2) is 0 Å². The lowest BCUT2D eigenvalue weighted by atomic mass is 10.1. The van der Waals surface area contributed by atoms with Gasteiger partial charge in [-0.15, -0.1) is 11.3 Å². The maximum absolute atomic E-state index is 13.9. The van der Waals surface area contributed by atoms with Crippen LogP contribution in [0.15, 0.2) is 47.8 Å². The quantitative estimate of drug-likeness (QED) is 0.856. The second-order valence-corrected chi connectivity index (χ2v) is 5.17. The predicted molar refractivity (Wildman–Crippen MR) is 71.1 cm³/mol. The van der Waals surface area contributed by atoms with E-state index in [1.54, 1.807) is 29.5 Å². The van der Waals surface area contributed by atoms with Gasteiger partial charge < -0.3 is 5.32 Å². The van der Waals surface area contributed by atoms with Gasteiger partial charge in [0.1, 0.15) is 0 Å². The van der Waals surface area contributed by atoms with Crippen LogP contribution in [0.1, 0.15) is 23.4 Å². The molecule has 0 aliphatic carbocycles. The average Bonchev–Trinajstić information content (AvgIpc) is 2.91. The van der Waals surface area contributed by atoms with E-state index in [1.807, 2.05) is 24.4 Å². The van der Waals surface area contributed by atoms with Gasteiger partial charge in [0, 0.05) is 16.5 Å².